The summed E-state index contributed by atoms with van der Waals surface area (Å²) >= 11 is 1.93. The Hall–Kier alpha value is -0.470. The third-order valence-corrected chi connectivity index (χ3v) is 3.51. The summed E-state index contributed by atoms with van der Waals surface area (Å²) in [5.74, 6) is 1.80. The summed E-state index contributed by atoms with van der Waals surface area (Å²) in [5.41, 5.74) is 6.87. The molecule has 0 unspecified atom stereocenters. The highest BCUT2D eigenvalue weighted by Crippen LogP contribution is 2.22. The quantitative estimate of drug-likeness (QED) is 0.588. The van der Waals surface area contributed by atoms with Gasteiger partial charge >= 0.3 is 0 Å². The highest BCUT2D eigenvalue weighted by atomic mass is 32.2. The van der Waals surface area contributed by atoms with Gasteiger partial charge in [-0.25, -0.2) is 0 Å². The first-order valence-corrected chi connectivity index (χ1v) is 6.65. The summed E-state index contributed by atoms with van der Waals surface area (Å²) in [6, 6.07) is 8.91. The minimum absolute atomic E-state index is 0.626. The van der Waals surface area contributed by atoms with Gasteiger partial charge in [0.1, 0.15) is 0 Å². The normalized spacial score (nSPS) is 10.9. The zero-order valence-corrected chi connectivity index (χ0v) is 10.5. The van der Waals surface area contributed by atoms with E-state index in [0.717, 1.165) is 13.0 Å². The lowest BCUT2D eigenvalue weighted by atomic mass is 10.0. The molecule has 84 valence electrons. The maximum atomic E-state index is 5.45. The van der Waals surface area contributed by atoms with Gasteiger partial charge in [-0.2, -0.15) is 0 Å². The summed E-state index contributed by atoms with van der Waals surface area (Å²) < 4.78 is 0. The molecule has 0 aromatic heterocycles. The molecule has 0 aliphatic rings. The van der Waals surface area contributed by atoms with Crippen molar-refractivity contribution < 1.29 is 0 Å². The fourth-order valence-electron chi connectivity index (χ4n) is 1.39. The summed E-state index contributed by atoms with van der Waals surface area (Å²) in [6.07, 6.45) is 2.35. The van der Waals surface area contributed by atoms with E-state index in [0.29, 0.717) is 5.92 Å². The Balaban J connectivity index is 2.36. The lowest BCUT2D eigenvalue weighted by molar-refractivity contribution is 0.814. The smallest absolute Gasteiger partial charge is 0.00721 e. The number of unbranched alkanes of at least 4 members (excludes halogenated alkanes) is 1. The molecule has 0 aliphatic carbocycles. The molecule has 0 spiro atoms. The monoisotopic (exact) mass is 223 g/mol. The van der Waals surface area contributed by atoms with Gasteiger partial charge in [0.15, 0.2) is 0 Å². The maximum absolute atomic E-state index is 5.45. The van der Waals surface area contributed by atoms with Crippen LogP contribution in [0.5, 0.6) is 0 Å². The molecule has 1 aromatic rings. The van der Waals surface area contributed by atoms with Crippen molar-refractivity contribution in [3.63, 3.8) is 0 Å². The third kappa shape index (κ3) is 4.72. The number of benzene rings is 1. The molecule has 0 heterocycles. The van der Waals surface area contributed by atoms with Gasteiger partial charge in [-0.05, 0) is 48.8 Å². The second-order valence-electron chi connectivity index (χ2n) is 4.07. The van der Waals surface area contributed by atoms with Crippen LogP contribution in [0.15, 0.2) is 29.2 Å². The largest absolute Gasteiger partial charge is 0.330 e. The van der Waals surface area contributed by atoms with Crippen LogP contribution in [-0.2, 0) is 0 Å². The number of hydrogen-bond acceptors (Lipinski definition) is 2. The van der Waals surface area contributed by atoms with Crippen LogP contribution in [0.1, 0.15) is 38.2 Å². The molecule has 0 saturated carbocycles. The second-order valence-corrected chi connectivity index (χ2v) is 5.24. The van der Waals surface area contributed by atoms with Crippen molar-refractivity contribution >= 4 is 11.8 Å². The Morgan fingerprint density at radius 3 is 2.33 bits per heavy atom. The van der Waals surface area contributed by atoms with Crippen LogP contribution in [0.25, 0.3) is 0 Å². The highest BCUT2D eigenvalue weighted by molar-refractivity contribution is 7.99. The van der Waals surface area contributed by atoms with Gasteiger partial charge in [0, 0.05) is 4.90 Å². The van der Waals surface area contributed by atoms with E-state index >= 15 is 0 Å². The summed E-state index contributed by atoms with van der Waals surface area (Å²) in [6.45, 7) is 5.26. The maximum Gasteiger partial charge on any atom is 0.00721 e. The first-order chi connectivity index (χ1) is 7.24. The molecular formula is C13H21NS. The fourth-order valence-corrected chi connectivity index (χ4v) is 2.30. The average Bonchev–Trinajstić information content (AvgIpc) is 2.25. The van der Waals surface area contributed by atoms with E-state index in [4.69, 9.17) is 5.73 Å². The molecular weight excluding hydrogens is 202 g/mol. The van der Waals surface area contributed by atoms with Gasteiger partial charge in [-0.1, -0.05) is 26.0 Å². The van der Waals surface area contributed by atoms with Gasteiger partial charge in [0.05, 0.1) is 0 Å². The Bertz CT molecular complexity index is 266. The van der Waals surface area contributed by atoms with Gasteiger partial charge in [0.2, 0.25) is 0 Å². The van der Waals surface area contributed by atoms with E-state index in [1.165, 1.54) is 22.6 Å². The average molecular weight is 223 g/mol. The Morgan fingerprint density at radius 2 is 1.80 bits per heavy atom. The molecule has 0 amide bonds. The minimum Gasteiger partial charge on any atom is -0.330 e. The Morgan fingerprint density at radius 1 is 1.13 bits per heavy atom. The summed E-state index contributed by atoms with van der Waals surface area (Å²) in [5, 5.41) is 0. The van der Waals surface area contributed by atoms with Gasteiger partial charge < -0.3 is 5.73 Å². The zero-order chi connectivity index (χ0) is 11.1. The van der Waals surface area contributed by atoms with Crippen molar-refractivity contribution in [2.75, 3.05) is 12.3 Å². The van der Waals surface area contributed by atoms with E-state index in [9.17, 15) is 0 Å². The van der Waals surface area contributed by atoms with E-state index in [-0.39, 0.29) is 0 Å². The van der Waals surface area contributed by atoms with Crippen LogP contribution in [0, 0.1) is 0 Å². The first-order valence-electron chi connectivity index (χ1n) is 5.67. The molecule has 0 fully saturated rings. The summed E-state index contributed by atoms with van der Waals surface area (Å²) in [7, 11) is 0. The van der Waals surface area contributed by atoms with E-state index < -0.39 is 0 Å². The number of nitrogens with two attached hydrogens (primary N) is 1. The Kier molecular flexibility index (Phi) is 5.81. The van der Waals surface area contributed by atoms with E-state index in [2.05, 4.69) is 38.1 Å². The van der Waals surface area contributed by atoms with E-state index in [1.54, 1.807) is 0 Å². The second kappa shape index (κ2) is 6.91. The van der Waals surface area contributed by atoms with Crippen LogP contribution < -0.4 is 5.73 Å². The molecule has 1 rings (SSSR count). The Labute approximate surface area is 97.4 Å². The van der Waals surface area contributed by atoms with Crippen LogP contribution >= 0.6 is 11.8 Å². The first kappa shape index (κ1) is 12.6. The molecule has 2 N–H and O–H groups in total. The van der Waals surface area contributed by atoms with Crippen molar-refractivity contribution in [2.45, 2.75) is 37.5 Å². The number of thioether (sulfide) groups is 1. The molecule has 0 aliphatic heterocycles. The minimum atomic E-state index is 0.626. The van der Waals surface area contributed by atoms with Crippen molar-refractivity contribution in [1.82, 2.24) is 0 Å². The lowest BCUT2D eigenvalue weighted by Gasteiger charge is -2.06. The lowest BCUT2D eigenvalue weighted by Crippen LogP contribution is -1.98. The molecule has 2 heteroatoms. The van der Waals surface area contributed by atoms with Crippen LogP contribution in [-0.4, -0.2) is 12.3 Å². The van der Waals surface area contributed by atoms with Gasteiger partial charge in [-0.3, -0.25) is 0 Å². The summed E-state index contributed by atoms with van der Waals surface area (Å²) in [4.78, 5) is 1.37. The number of hydrogen-bond donors (Lipinski definition) is 1. The highest BCUT2D eigenvalue weighted by Gasteiger charge is 1.98. The van der Waals surface area contributed by atoms with Crippen molar-refractivity contribution in [1.29, 1.82) is 0 Å². The predicted octanol–water partition coefficient (Wildman–Crippen LogP) is 3.64. The van der Waals surface area contributed by atoms with Gasteiger partial charge in [0.25, 0.3) is 0 Å². The SMILES string of the molecule is CC(C)c1ccc(SCCCCN)cc1. The van der Waals surface area contributed by atoms with Crippen LogP contribution in [0.4, 0.5) is 0 Å². The molecule has 0 atom stereocenters. The zero-order valence-electron chi connectivity index (χ0n) is 9.70. The molecule has 0 saturated heterocycles. The molecule has 0 bridgehead atoms. The topological polar surface area (TPSA) is 26.0 Å². The standard InChI is InChI=1S/C13H21NS/c1-11(2)12-5-7-13(8-6-12)15-10-4-3-9-14/h5-8,11H,3-4,9-10,14H2,1-2H3. The molecule has 15 heavy (non-hydrogen) atoms. The fraction of sp³-hybridized carbons (Fsp3) is 0.538. The third-order valence-electron chi connectivity index (χ3n) is 2.41. The van der Waals surface area contributed by atoms with Crippen molar-refractivity contribution in [2.24, 2.45) is 5.73 Å². The molecule has 0 radical (unpaired) electrons. The van der Waals surface area contributed by atoms with Crippen molar-refractivity contribution in [3.8, 4) is 0 Å². The van der Waals surface area contributed by atoms with Crippen molar-refractivity contribution in [3.05, 3.63) is 29.8 Å². The van der Waals surface area contributed by atoms with Crippen LogP contribution in [0.2, 0.25) is 0 Å². The van der Waals surface area contributed by atoms with Gasteiger partial charge in [-0.15, -0.1) is 11.8 Å². The molecule has 1 aromatic carbocycles. The van der Waals surface area contributed by atoms with E-state index in [1.807, 2.05) is 11.8 Å². The molecule has 1 nitrogen and oxygen atoms in total. The number of rotatable bonds is 6. The van der Waals surface area contributed by atoms with Crippen LogP contribution in [0.3, 0.4) is 0 Å². The predicted molar refractivity (Wildman–Crippen MR) is 69.5 cm³/mol.